The molecule has 3 rings (SSSR count). The van der Waals surface area contributed by atoms with Gasteiger partial charge in [0, 0.05) is 25.2 Å². The number of rotatable bonds is 5. The van der Waals surface area contributed by atoms with Crippen LogP contribution in [0.3, 0.4) is 0 Å². The molecular weight excluding hydrogens is 350 g/mol. The van der Waals surface area contributed by atoms with E-state index in [1.165, 1.54) is 10.6 Å². The van der Waals surface area contributed by atoms with Crippen molar-refractivity contribution in [2.24, 2.45) is 5.41 Å². The van der Waals surface area contributed by atoms with Gasteiger partial charge in [0.1, 0.15) is 5.65 Å². The fourth-order valence-electron chi connectivity index (χ4n) is 2.83. The van der Waals surface area contributed by atoms with E-state index < -0.39 is 23.3 Å². The van der Waals surface area contributed by atoms with E-state index in [9.17, 15) is 19.5 Å². The fourth-order valence-corrected chi connectivity index (χ4v) is 2.83. The van der Waals surface area contributed by atoms with Crippen LogP contribution in [-0.2, 0) is 6.54 Å². The van der Waals surface area contributed by atoms with Crippen molar-refractivity contribution in [1.29, 1.82) is 0 Å². The molecule has 0 aliphatic heterocycles. The SMILES string of the molecule is CCNC(=O)c1cc2n(CC(C)(C)C)c(=O)c(C(=O)NC3CC3)c(O)n2n1. The third-order valence-corrected chi connectivity index (χ3v) is 4.19. The topological polar surface area (TPSA) is 118 Å². The lowest BCUT2D eigenvalue weighted by Crippen LogP contribution is -2.37. The molecule has 0 atom stereocenters. The highest BCUT2D eigenvalue weighted by Crippen LogP contribution is 2.24. The molecule has 0 unspecified atom stereocenters. The van der Waals surface area contributed by atoms with E-state index in [2.05, 4.69) is 15.7 Å². The molecule has 27 heavy (non-hydrogen) atoms. The Kier molecular flexibility index (Phi) is 4.71. The van der Waals surface area contributed by atoms with Gasteiger partial charge in [-0.1, -0.05) is 20.8 Å². The molecule has 2 aromatic heterocycles. The van der Waals surface area contributed by atoms with Crippen molar-refractivity contribution in [3.05, 3.63) is 27.7 Å². The van der Waals surface area contributed by atoms with Gasteiger partial charge in [-0.05, 0) is 25.2 Å². The van der Waals surface area contributed by atoms with E-state index in [-0.39, 0.29) is 28.4 Å². The van der Waals surface area contributed by atoms with Gasteiger partial charge in [-0.15, -0.1) is 0 Å². The summed E-state index contributed by atoms with van der Waals surface area (Å²) in [5.41, 5.74) is -0.910. The number of aromatic hydroxyl groups is 1. The lowest BCUT2D eigenvalue weighted by atomic mass is 9.97. The maximum Gasteiger partial charge on any atom is 0.271 e. The number of amides is 2. The fraction of sp³-hybridized carbons (Fsp3) is 0.556. The zero-order chi connectivity index (χ0) is 19.9. The molecule has 1 fully saturated rings. The van der Waals surface area contributed by atoms with Crippen LogP contribution < -0.4 is 16.2 Å². The van der Waals surface area contributed by atoms with Crippen molar-refractivity contribution in [1.82, 2.24) is 24.8 Å². The molecule has 2 amide bonds. The summed E-state index contributed by atoms with van der Waals surface area (Å²) in [6.07, 6.45) is 1.71. The number of hydrogen-bond donors (Lipinski definition) is 3. The number of hydrogen-bond acceptors (Lipinski definition) is 5. The van der Waals surface area contributed by atoms with Crippen molar-refractivity contribution in [3.63, 3.8) is 0 Å². The quantitative estimate of drug-likeness (QED) is 0.717. The molecule has 1 aliphatic rings. The summed E-state index contributed by atoms with van der Waals surface area (Å²) in [5, 5.41) is 20.0. The van der Waals surface area contributed by atoms with Gasteiger partial charge in [0.2, 0.25) is 5.88 Å². The van der Waals surface area contributed by atoms with Crippen molar-refractivity contribution < 1.29 is 14.7 Å². The molecule has 1 saturated carbocycles. The number of fused-ring (bicyclic) bond motifs is 1. The Morgan fingerprint density at radius 1 is 1.30 bits per heavy atom. The number of carbonyl (C=O) groups excluding carboxylic acids is 2. The Morgan fingerprint density at radius 2 is 1.96 bits per heavy atom. The van der Waals surface area contributed by atoms with Crippen LogP contribution in [0.5, 0.6) is 5.88 Å². The second-order valence-electron chi connectivity index (χ2n) is 8.06. The predicted octanol–water partition coefficient (Wildman–Crippen LogP) is 0.890. The minimum Gasteiger partial charge on any atom is -0.492 e. The molecule has 2 aromatic rings. The van der Waals surface area contributed by atoms with Gasteiger partial charge in [-0.2, -0.15) is 9.61 Å². The molecule has 0 bridgehead atoms. The van der Waals surface area contributed by atoms with Crippen LogP contribution in [0, 0.1) is 5.41 Å². The van der Waals surface area contributed by atoms with E-state index in [0.717, 1.165) is 17.4 Å². The van der Waals surface area contributed by atoms with E-state index in [1.807, 2.05) is 20.8 Å². The molecule has 0 radical (unpaired) electrons. The first-order chi connectivity index (χ1) is 12.6. The Hall–Kier alpha value is -2.84. The van der Waals surface area contributed by atoms with E-state index in [1.54, 1.807) is 6.92 Å². The smallest absolute Gasteiger partial charge is 0.271 e. The van der Waals surface area contributed by atoms with Gasteiger partial charge in [0.25, 0.3) is 17.4 Å². The van der Waals surface area contributed by atoms with Crippen molar-refractivity contribution in [2.45, 2.75) is 53.1 Å². The lowest BCUT2D eigenvalue weighted by molar-refractivity contribution is 0.0940. The first-order valence-corrected chi connectivity index (χ1v) is 9.07. The van der Waals surface area contributed by atoms with Gasteiger partial charge in [-0.25, -0.2) is 0 Å². The maximum absolute atomic E-state index is 13.0. The van der Waals surface area contributed by atoms with Crippen molar-refractivity contribution in [3.8, 4) is 5.88 Å². The highest BCUT2D eigenvalue weighted by molar-refractivity contribution is 5.97. The molecule has 2 heterocycles. The normalized spacial score (nSPS) is 14.4. The second-order valence-corrected chi connectivity index (χ2v) is 8.06. The Morgan fingerprint density at radius 3 is 2.52 bits per heavy atom. The first kappa shape index (κ1) is 18.9. The summed E-state index contributed by atoms with van der Waals surface area (Å²) in [4.78, 5) is 37.7. The molecule has 9 heteroatoms. The van der Waals surface area contributed by atoms with Gasteiger partial charge in [0.15, 0.2) is 11.3 Å². The highest BCUT2D eigenvalue weighted by atomic mass is 16.3. The van der Waals surface area contributed by atoms with Gasteiger partial charge in [0.05, 0.1) is 0 Å². The zero-order valence-electron chi connectivity index (χ0n) is 16.0. The Bertz CT molecular complexity index is 963. The molecule has 146 valence electrons. The largest absolute Gasteiger partial charge is 0.492 e. The van der Waals surface area contributed by atoms with Gasteiger partial charge >= 0.3 is 0 Å². The van der Waals surface area contributed by atoms with Gasteiger partial charge < -0.3 is 15.7 Å². The van der Waals surface area contributed by atoms with Gasteiger partial charge in [-0.3, -0.25) is 19.0 Å². The minimum absolute atomic E-state index is 0.0339. The summed E-state index contributed by atoms with van der Waals surface area (Å²) in [6, 6.07) is 1.48. The van der Waals surface area contributed by atoms with Crippen LogP contribution >= 0.6 is 0 Å². The molecule has 1 aliphatic carbocycles. The van der Waals surface area contributed by atoms with Crippen molar-refractivity contribution >= 4 is 17.5 Å². The average molecular weight is 375 g/mol. The van der Waals surface area contributed by atoms with E-state index >= 15 is 0 Å². The average Bonchev–Trinajstić information content (AvgIpc) is 3.24. The summed E-state index contributed by atoms with van der Waals surface area (Å²) in [5.74, 6) is -1.60. The first-order valence-electron chi connectivity index (χ1n) is 9.07. The molecular formula is C18H25N5O4. The van der Waals surface area contributed by atoms with Crippen LogP contribution in [-0.4, -0.2) is 43.7 Å². The molecule has 3 N–H and O–H groups in total. The zero-order valence-corrected chi connectivity index (χ0v) is 16.0. The summed E-state index contributed by atoms with van der Waals surface area (Å²) in [6.45, 7) is 8.35. The standard InChI is InChI=1S/C18H25N5O4/c1-5-19-14(24)11-8-12-22(9-18(2,3)4)16(26)13(17(27)23(12)21-11)15(25)20-10-6-7-10/h8,10,27H,5-7,9H2,1-4H3,(H,19,24)(H,20,25). The molecule has 0 saturated heterocycles. The maximum atomic E-state index is 13.0. The van der Waals surface area contributed by atoms with Crippen LogP contribution in [0.15, 0.2) is 10.9 Å². The number of nitrogens with zero attached hydrogens (tertiary/aromatic N) is 3. The molecule has 9 nitrogen and oxygen atoms in total. The third-order valence-electron chi connectivity index (χ3n) is 4.19. The highest BCUT2D eigenvalue weighted by Gasteiger charge is 2.30. The van der Waals surface area contributed by atoms with E-state index in [0.29, 0.717) is 13.1 Å². The van der Waals surface area contributed by atoms with Crippen LogP contribution in [0.1, 0.15) is 61.4 Å². The molecule has 0 spiro atoms. The molecule has 0 aromatic carbocycles. The van der Waals surface area contributed by atoms with Crippen LogP contribution in [0.4, 0.5) is 0 Å². The third kappa shape index (κ3) is 3.81. The Labute approximate surface area is 156 Å². The van der Waals surface area contributed by atoms with Crippen molar-refractivity contribution in [2.75, 3.05) is 6.54 Å². The minimum atomic E-state index is -0.625. The number of aromatic nitrogens is 3. The second kappa shape index (κ2) is 6.71. The van der Waals surface area contributed by atoms with Crippen LogP contribution in [0.25, 0.3) is 5.65 Å². The monoisotopic (exact) mass is 375 g/mol. The lowest BCUT2D eigenvalue weighted by Gasteiger charge is -2.21. The summed E-state index contributed by atoms with van der Waals surface area (Å²) >= 11 is 0. The Balaban J connectivity index is 2.21. The van der Waals surface area contributed by atoms with Crippen LogP contribution in [0.2, 0.25) is 0 Å². The summed E-state index contributed by atoms with van der Waals surface area (Å²) in [7, 11) is 0. The number of nitrogens with one attached hydrogen (secondary N) is 2. The predicted molar refractivity (Wildman–Crippen MR) is 99.1 cm³/mol. The summed E-state index contributed by atoms with van der Waals surface area (Å²) < 4.78 is 2.47. The number of carbonyl (C=O) groups is 2. The van der Waals surface area contributed by atoms with E-state index in [4.69, 9.17) is 0 Å².